The maximum Gasteiger partial charge on any atom is 0.252 e. The summed E-state index contributed by atoms with van der Waals surface area (Å²) in [7, 11) is 0. The zero-order valence-corrected chi connectivity index (χ0v) is 15.3. The SMILES string of the molecule is O=C(NCCC1CCCCO1)c1cnc2c(cnn2Cc2ccccc2)c1. The fraction of sp³-hybridized carbons (Fsp3) is 0.381. The molecular formula is C21H24N4O2. The Labute approximate surface area is 158 Å². The van der Waals surface area contributed by atoms with Crippen LogP contribution in [0.3, 0.4) is 0 Å². The van der Waals surface area contributed by atoms with E-state index in [-0.39, 0.29) is 12.0 Å². The van der Waals surface area contributed by atoms with Crippen LogP contribution in [-0.2, 0) is 11.3 Å². The number of pyridine rings is 1. The van der Waals surface area contributed by atoms with Crippen LogP contribution < -0.4 is 5.32 Å². The number of amides is 1. The quantitative estimate of drug-likeness (QED) is 0.729. The van der Waals surface area contributed by atoms with Gasteiger partial charge in [-0.1, -0.05) is 30.3 Å². The molecule has 1 amide bonds. The summed E-state index contributed by atoms with van der Waals surface area (Å²) in [5.41, 5.74) is 2.51. The molecule has 140 valence electrons. The maximum atomic E-state index is 12.4. The lowest BCUT2D eigenvalue weighted by Crippen LogP contribution is -2.29. The highest BCUT2D eigenvalue weighted by Crippen LogP contribution is 2.16. The smallest absolute Gasteiger partial charge is 0.252 e. The first-order chi connectivity index (χ1) is 13.3. The molecule has 2 aromatic heterocycles. The van der Waals surface area contributed by atoms with Gasteiger partial charge < -0.3 is 10.1 Å². The van der Waals surface area contributed by atoms with E-state index in [1.807, 2.05) is 28.9 Å². The molecule has 0 bridgehead atoms. The molecule has 6 heteroatoms. The third-order valence-electron chi connectivity index (χ3n) is 4.94. The predicted octanol–water partition coefficient (Wildman–Crippen LogP) is 3.17. The second kappa shape index (κ2) is 8.31. The van der Waals surface area contributed by atoms with Crippen molar-refractivity contribution in [3.8, 4) is 0 Å². The molecule has 1 fully saturated rings. The van der Waals surface area contributed by atoms with Crippen LogP contribution in [0.5, 0.6) is 0 Å². The van der Waals surface area contributed by atoms with Crippen LogP contribution in [0.4, 0.5) is 0 Å². The van der Waals surface area contributed by atoms with Gasteiger partial charge in [-0.3, -0.25) is 4.79 Å². The molecular weight excluding hydrogens is 340 g/mol. The number of nitrogens with one attached hydrogen (secondary N) is 1. The number of nitrogens with zero attached hydrogens (tertiary/aromatic N) is 3. The van der Waals surface area contributed by atoms with Crippen molar-refractivity contribution in [3.63, 3.8) is 0 Å². The first-order valence-electron chi connectivity index (χ1n) is 9.55. The monoisotopic (exact) mass is 364 g/mol. The van der Waals surface area contributed by atoms with Crippen molar-refractivity contribution in [1.82, 2.24) is 20.1 Å². The molecule has 0 saturated carbocycles. The number of fused-ring (bicyclic) bond motifs is 1. The molecule has 0 spiro atoms. The van der Waals surface area contributed by atoms with Crippen molar-refractivity contribution in [2.24, 2.45) is 0 Å². The zero-order chi connectivity index (χ0) is 18.5. The van der Waals surface area contributed by atoms with E-state index in [0.717, 1.165) is 42.5 Å². The summed E-state index contributed by atoms with van der Waals surface area (Å²) >= 11 is 0. The van der Waals surface area contributed by atoms with E-state index in [0.29, 0.717) is 18.7 Å². The Bertz CT molecular complexity index is 901. The molecule has 1 N–H and O–H groups in total. The molecule has 3 aromatic rings. The van der Waals surface area contributed by atoms with E-state index in [2.05, 4.69) is 27.5 Å². The number of ether oxygens (including phenoxy) is 1. The number of aromatic nitrogens is 3. The van der Waals surface area contributed by atoms with E-state index in [9.17, 15) is 4.79 Å². The lowest BCUT2D eigenvalue weighted by atomic mass is 10.1. The fourth-order valence-corrected chi connectivity index (χ4v) is 3.45. The zero-order valence-electron chi connectivity index (χ0n) is 15.3. The Morgan fingerprint density at radius 2 is 2.11 bits per heavy atom. The minimum Gasteiger partial charge on any atom is -0.378 e. The van der Waals surface area contributed by atoms with E-state index in [1.54, 1.807) is 12.4 Å². The molecule has 1 aromatic carbocycles. The van der Waals surface area contributed by atoms with Gasteiger partial charge in [-0.05, 0) is 37.3 Å². The number of carbonyl (C=O) groups excluding carboxylic acids is 1. The summed E-state index contributed by atoms with van der Waals surface area (Å²) in [6.45, 7) is 2.12. The maximum absolute atomic E-state index is 12.4. The van der Waals surface area contributed by atoms with E-state index in [1.165, 1.54) is 6.42 Å². The lowest BCUT2D eigenvalue weighted by Gasteiger charge is -2.22. The summed E-state index contributed by atoms with van der Waals surface area (Å²) in [5.74, 6) is -0.101. The topological polar surface area (TPSA) is 69.0 Å². The van der Waals surface area contributed by atoms with Crippen LogP contribution in [0.15, 0.2) is 48.8 Å². The molecule has 0 radical (unpaired) electrons. The first-order valence-corrected chi connectivity index (χ1v) is 9.55. The molecule has 4 rings (SSSR count). The van der Waals surface area contributed by atoms with Crippen LogP contribution >= 0.6 is 0 Å². The Morgan fingerprint density at radius 3 is 2.93 bits per heavy atom. The van der Waals surface area contributed by atoms with Crippen LogP contribution in [0.25, 0.3) is 11.0 Å². The second-order valence-corrected chi connectivity index (χ2v) is 6.96. The molecule has 1 saturated heterocycles. The summed E-state index contributed by atoms with van der Waals surface area (Å²) in [4.78, 5) is 16.9. The van der Waals surface area contributed by atoms with Gasteiger partial charge in [-0.25, -0.2) is 9.67 Å². The molecule has 1 atom stereocenters. The van der Waals surface area contributed by atoms with Gasteiger partial charge in [0, 0.05) is 24.7 Å². The predicted molar refractivity (Wildman–Crippen MR) is 104 cm³/mol. The molecule has 3 heterocycles. The second-order valence-electron chi connectivity index (χ2n) is 6.96. The summed E-state index contributed by atoms with van der Waals surface area (Å²) in [5, 5.41) is 8.26. The number of carbonyl (C=O) groups is 1. The largest absolute Gasteiger partial charge is 0.378 e. The van der Waals surface area contributed by atoms with Crippen molar-refractivity contribution in [3.05, 3.63) is 59.9 Å². The molecule has 27 heavy (non-hydrogen) atoms. The lowest BCUT2D eigenvalue weighted by molar-refractivity contribution is 0.0117. The average Bonchev–Trinajstić information content (AvgIpc) is 3.11. The van der Waals surface area contributed by atoms with Crippen molar-refractivity contribution >= 4 is 16.9 Å². The number of benzene rings is 1. The van der Waals surface area contributed by atoms with Gasteiger partial charge in [-0.15, -0.1) is 0 Å². The van der Waals surface area contributed by atoms with Crippen LogP contribution in [0.1, 0.15) is 41.6 Å². The Hall–Kier alpha value is -2.73. The number of hydrogen-bond donors (Lipinski definition) is 1. The van der Waals surface area contributed by atoms with Crippen LogP contribution in [0, 0.1) is 0 Å². The highest BCUT2D eigenvalue weighted by Gasteiger charge is 2.15. The fourth-order valence-electron chi connectivity index (χ4n) is 3.45. The van der Waals surface area contributed by atoms with Gasteiger partial charge in [-0.2, -0.15) is 5.10 Å². The van der Waals surface area contributed by atoms with Crippen molar-refractivity contribution in [2.75, 3.05) is 13.2 Å². The third kappa shape index (κ3) is 4.34. The third-order valence-corrected chi connectivity index (χ3v) is 4.94. The normalized spacial score (nSPS) is 17.1. The average molecular weight is 364 g/mol. The standard InChI is InChI=1S/C21H24N4O2/c26-21(22-10-9-19-8-4-5-11-27-19)18-12-17-14-24-25(20(17)23-13-18)15-16-6-2-1-3-7-16/h1-3,6-7,12-14,19H,4-5,8-11,15H2,(H,22,26). The number of hydrogen-bond acceptors (Lipinski definition) is 4. The summed E-state index contributed by atoms with van der Waals surface area (Å²) in [6, 6.07) is 12.0. The van der Waals surface area contributed by atoms with Crippen molar-refractivity contribution < 1.29 is 9.53 Å². The van der Waals surface area contributed by atoms with Crippen molar-refractivity contribution in [1.29, 1.82) is 0 Å². The van der Waals surface area contributed by atoms with Crippen LogP contribution in [0.2, 0.25) is 0 Å². The summed E-state index contributed by atoms with van der Waals surface area (Å²) in [6.07, 6.45) is 7.96. The molecule has 6 nitrogen and oxygen atoms in total. The van der Waals surface area contributed by atoms with E-state index in [4.69, 9.17) is 4.74 Å². The highest BCUT2D eigenvalue weighted by atomic mass is 16.5. The Balaban J connectivity index is 1.38. The molecule has 1 aliphatic rings. The highest BCUT2D eigenvalue weighted by molar-refractivity contribution is 5.96. The van der Waals surface area contributed by atoms with Crippen LogP contribution in [-0.4, -0.2) is 39.9 Å². The molecule has 1 unspecified atom stereocenters. The van der Waals surface area contributed by atoms with Gasteiger partial charge >= 0.3 is 0 Å². The van der Waals surface area contributed by atoms with E-state index >= 15 is 0 Å². The van der Waals surface area contributed by atoms with Crippen molar-refractivity contribution in [2.45, 2.75) is 38.3 Å². The molecule has 0 aliphatic carbocycles. The van der Waals surface area contributed by atoms with E-state index < -0.39 is 0 Å². The minimum absolute atomic E-state index is 0.101. The van der Waals surface area contributed by atoms with Gasteiger partial charge in [0.1, 0.15) is 0 Å². The Morgan fingerprint density at radius 1 is 1.22 bits per heavy atom. The van der Waals surface area contributed by atoms with Gasteiger partial charge in [0.05, 0.1) is 24.4 Å². The van der Waals surface area contributed by atoms with Gasteiger partial charge in [0.15, 0.2) is 5.65 Å². The van der Waals surface area contributed by atoms with Gasteiger partial charge in [0.2, 0.25) is 0 Å². The number of rotatable bonds is 6. The first kappa shape index (κ1) is 17.7. The summed E-state index contributed by atoms with van der Waals surface area (Å²) < 4.78 is 7.55. The minimum atomic E-state index is -0.101. The molecule has 1 aliphatic heterocycles. The Kier molecular flexibility index (Phi) is 5.44. The van der Waals surface area contributed by atoms with Gasteiger partial charge in [0.25, 0.3) is 5.91 Å².